The Labute approximate surface area is 161 Å². The fourth-order valence-corrected chi connectivity index (χ4v) is 2.62. The van der Waals surface area contributed by atoms with E-state index in [2.05, 4.69) is 10.3 Å². The number of H-pyrrole nitrogens is 1. The van der Waals surface area contributed by atoms with Gasteiger partial charge in [-0.25, -0.2) is 14.2 Å². The second-order valence-corrected chi connectivity index (χ2v) is 6.10. The molecule has 6 nitrogen and oxygen atoms in total. The molecule has 1 amide bonds. The molecule has 1 heterocycles. The summed E-state index contributed by atoms with van der Waals surface area (Å²) in [5.74, 6) is -4.20. The molecule has 0 spiro atoms. The number of carbonyl (C=O) groups is 2. The molecule has 0 aliphatic heterocycles. The van der Waals surface area contributed by atoms with Crippen LogP contribution in [0.5, 0.6) is 0 Å². The predicted octanol–water partition coefficient (Wildman–Crippen LogP) is 4.49. The summed E-state index contributed by atoms with van der Waals surface area (Å²) < 4.78 is 52.4. The van der Waals surface area contributed by atoms with Crippen molar-refractivity contribution in [3.8, 4) is 11.3 Å². The van der Waals surface area contributed by atoms with Crippen LogP contribution in [0.25, 0.3) is 11.3 Å². The average Bonchev–Trinajstić information content (AvgIpc) is 3.09. The van der Waals surface area contributed by atoms with Gasteiger partial charge in [0.2, 0.25) is 5.82 Å². The molecule has 0 bridgehead atoms. The second-order valence-electron chi connectivity index (χ2n) is 6.10. The molecule has 3 N–H and O–H groups in total. The third kappa shape index (κ3) is 4.26. The van der Waals surface area contributed by atoms with Gasteiger partial charge < -0.3 is 15.4 Å². The van der Waals surface area contributed by atoms with Crippen molar-refractivity contribution in [3.05, 3.63) is 70.9 Å². The van der Waals surface area contributed by atoms with E-state index >= 15 is 0 Å². The number of nitrogens with zero attached hydrogens (tertiary/aromatic N) is 1. The minimum absolute atomic E-state index is 0.0691. The van der Waals surface area contributed by atoms with Gasteiger partial charge in [-0.1, -0.05) is 6.07 Å². The topological polar surface area (TPSA) is 95.1 Å². The van der Waals surface area contributed by atoms with Crippen LogP contribution in [0.1, 0.15) is 32.2 Å². The Balaban J connectivity index is 2.02. The first-order valence-electron chi connectivity index (χ1n) is 8.14. The molecular formula is C19H13F4N3O3. The Morgan fingerprint density at radius 1 is 1.10 bits per heavy atom. The largest absolute Gasteiger partial charge is 0.478 e. The monoisotopic (exact) mass is 407 g/mol. The first-order chi connectivity index (χ1) is 13.6. The number of benzene rings is 2. The SMILES string of the molecule is Cc1ccc(NC(=O)c2nc(C(F)(F)F)[nH]c2-c2ccc(F)cc2)cc1C(=O)O. The Kier molecular flexibility index (Phi) is 5.10. The molecule has 10 heteroatoms. The Morgan fingerprint density at radius 3 is 2.34 bits per heavy atom. The maximum atomic E-state index is 13.1. The van der Waals surface area contributed by atoms with E-state index < -0.39 is 35.4 Å². The van der Waals surface area contributed by atoms with Gasteiger partial charge in [0.15, 0.2) is 5.69 Å². The van der Waals surface area contributed by atoms with Crippen LogP contribution >= 0.6 is 0 Å². The van der Waals surface area contributed by atoms with E-state index in [0.717, 1.165) is 12.1 Å². The maximum Gasteiger partial charge on any atom is 0.449 e. The van der Waals surface area contributed by atoms with Gasteiger partial charge >= 0.3 is 12.1 Å². The normalized spacial score (nSPS) is 11.3. The lowest BCUT2D eigenvalue weighted by atomic mass is 10.1. The summed E-state index contributed by atoms with van der Waals surface area (Å²) >= 11 is 0. The number of hydrogen-bond donors (Lipinski definition) is 3. The lowest BCUT2D eigenvalue weighted by molar-refractivity contribution is -0.144. The van der Waals surface area contributed by atoms with Crippen molar-refractivity contribution in [1.29, 1.82) is 0 Å². The lowest BCUT2D eigenvalue weighted by Crippen LogP contribution is -2.15. The van der Waals surface area contributed by atoms with Gasteiger partial charge in [0.25, 0.3) is 5.91 Å². The molecule has 29 heavy (non-hydrogen) atoms. The number of carboxylic acids is 1. The first kappa shape index (κ1) is 20.1. The molecule has 0 aliphatic carbocycles. The summed E-state index contributed by atoms with van der Waals surface area (Å²) in [5, 5.41) is 11.5. The van der Waals surface area contributed by atoms with Crippen molar-refractivity contribution in [2.75, 3.05) is 5.32 Å². The number of rotatable bonds is 4. The summed E-state index contributed by atoms with van der Waals surface area (Å²) in [6.45, 7) is 1.56. The number of alkyl halides is 3. The van der Waals surface area contributed by atoms with Crippen LogP contribution in [-0.2, 0) is 6.18 Å². The van der Waals surface area contributed by atoms with E-state index in [1.807, 2.05) is 4.98 Å². The second kappa shape index (κ2) is 7.38. The van der Waals surface area contributed by atoms with Gasteiger partial charge in [0, 0.05) is 11.3 Å². The van der Waals surface area contributed by atoms with Crippen LogP contribution in [-0.4, -0.2) is 27.0 Å². The number of aryl methyl sites for hydroxylation is 1. The van der Waals surface area contributed by atoms with E-state index in [9.17, 15) is 27.2 Å². The smallest absolute Gasteiger partial charge is 0.449 e. The zero-order valence-corrected chi connectivity index (χ0v) is 14.8. The van der Waals surface area contributed by atoms with Crippen molar-refractivity contribution in [2.45, 2.75) is 13.1 Å². The van der Waals surface area contributed by atoms with Crippen LogP contribution in [0.2, 0.25) is 0 Å². The Morgan fingerprint density at radius 2 is 1.76 bits per heavy atom. The first-order valence-corrected chi connectivity index (χ1v) is 8.14. The number of carboxylic acid groups (broad SMARTS) is 1. The molecule has 1 aromatic heterocycles. The van der Waals surface area contributed by atoms with Crippen LogP contribution in [0.3, 0.4) is 0 Å². The highest BCUT2D eigenvalue weighted by atomic mass is 19.4. The van der Waals surface area contributed by atoms with Gasteiger partial charge in [-0.3, -0.25) is 4.79 Å². The van der Waals surface area contributed by atoms with E-state index in [1.54, 1.807) is 6.92 Å². The molecule has 0 saturated carbocycles. The van der Waals surface area contributed by atoms with Crippen LogP contribution < -0.4 is 5.32 Å². The van der Waals surface area contributed by atoms with Crippen molar-refractivity contribution < 1.29 is 32.3 Å². The summed E-state index contributed by atoms with van der Waals surface area (Å²) in [7, 11) is 0. The highest BCUT2D eigenvalue weighted by Crippen LogP contribution is 2.31. The third-order valence-corrected chi connectivity index (χ3v) is 4.05. The highest BCUT2D eigenvalue weighted by Gasteiger charge is 2.37. The molecule has 0 aliphatic rings. The molecule has 0 radical (unpaired) electrons. The summed E-state index contributed by atoms with van der Waals surface area (Å²) in [5.41, 5.74) is -0.253. The van der Waals surface area contributed by atoms with E-state index in [1.165, 1.54) is 30.3 Å². The molecule has 0 unspecified atom stereocenters. The number of aromatic carboxylic acids is 1. The number of hydrogen-bond acceptors (Lipinski definition) is 3. The van der Waals surface area contributed by atoms with Crippen molar-refractivity contribution in [1.82, 2.24) is 9.97 Å². The van der Waals surface area contributed by atoms with Crippen molar-refractivity contribution >= 4 is 17.6 Å². The molecule has 3 aromatic rings. The lowest BCUT2D eigenvalue weighted by Gasteiger charge is -2.08. The molecule has 0 fully saturated rings. The summed E-state index contributed by atoms with van der Waals surface area (Å²) in [4.78, 5) is 29.2. The third-order valence-electron chi connectivity index (χ3n) is 4.05. The van der Waals surface area contributed by atoms with E-state index in [0.29, 0.717) is 5.56 Å². The minimum Gasteiger partial charge on any atom is -0.478 e. The van der Waals surface area contributed by atoms with Crippen LogP contribution in [0, 0.1) is 12.7 Å². The maximum absolute atomic E-state index is 13.1. The zero-order valence-electron chi connectivity index (χ0n) is 14.8. The van der Waals surface area contributed by atoms with E-state index in [-0.39, 0.29) is 22.5 Å². The number of anilines is 1. The zero-order chi connectivity index (χ0) is 21.3. The predicted molar refractivity (Wildman–Crippen MR) is 95.1 cm³/mol. The summed E-state index contributed by atoms with van der Waals surface area (Å²) in [6.07, 6.45) is -4.84. The van der Waals surface area contributed by atoms with Gasteiger partial charge in [-0.05, 0) is 48.9 Å². The molecular weight excluding hydrogens is 394 g/mol. The van der Waals surface area contributed by atoms with Crippen molar-refractivity contribution in [2.24, 2.45) is 0 Å². The summed E-state index contributed by atoms with van der Waals surface area (Å²) in [6, 6.07) is 8.52. The van der Waals surface area contributed by atoms with Gasteiger partial charge in [0.1, 0.15) is 5.82 Å². The number of amides is 1. The van der Waals surface area contributed by atoms with Gasteiger partial charge in [-0.15, -0.1) is 0 Å². The fraction of sp³-hybridized carbons (Fsp3) is 0.105. The average molecular weight is 407 g/mol. The van der Waals surface area contributed by atoms with Gasteiger partial charge in [0.05, 0.1) is 11.3 Å². The number of aromatic nitrogens is 2. The Bertz CT molecular complexity index is 1090. The minimum atomic E-state index is -4.84. The van der Waals surface area contributed by atoms with Crippen LogP contribution in [0.4, 0.5) is 23.2 Å². The number of halogens is 4. The van der Waals surface area contributed by atoms with Gasteiger partial charge in [-0.2, -0.15) is 13.2 Å². The van der Waals surface area contributed by atoms with Crippen LogP contribution in [0.15, 0.2) is 42.5 Å². The molecule has 0 saturated heterocycles. The molecule has 3 rings (SSSR count). The number of imidazole rings is 1. The number of carbonyl (C=O) groups excluding carboxylic acids is 1. The molecule has 150 valence electrons. The number of nitrogens with one attached hydrogen (secondary N) is 2. The Hall–Kier alpha value is -3.69. The van der Waals surface area contributed by atoms with Crippen molar-refractivity contribution in [3.63, 3.8) is 0 Å². The number of aromatic amines is 1. The highest BCUT2D eigenvalue weighted by molar-refractivity contribution is 6.07. The molecule has 2 aromatic carbocycles. The fourth-order valence-electron chi connectivity index (χ4n) is 2.62. The van der Waals surface area contributed by atoms with E-state index in [4.69, 9.17) is 5.11 Å². The quantitative estimate of drug-likeness (QED) is 0.555. The standard InChI is InChI=1S/C19H13F4N3O3/c1-9-2-7-12(8-13(9)17(28)29)24-16(27)15-14(10-3-5-11(20)6-4-10)25-18(26-15)19(21,22)23/h2-8H,1H3,(H,24,27)(H,25,26)(H,28,29). The molecule has 0 atom stereocenters.